The molecular formula is C28H38O4. The molecule has 0 radical (unpaired) electrons. The van der Waals surface area contributed by atoms with Crippen LogP contribution in [0.3, 0.4) is 0 Å². The van der Waals surface area contributed by atoms with Gasteiger partial charge in [-0.1, -0.05) is 73.4 Å². The first kappa shape index (κ1) is 25.5. The van der Waals surface area contributed by atoms with Crippen LogP contribution in [0.1, 0.15) is 84.4 Å². The van der Waals surface area contributed by atoms with Crippen LogP contribution >= 0.6 is 0 Å². The predicted molar refractivity (Wildman–Crippen MR) is 133 cm³/mol. The van der Waals surface area contributed by atoms with E-state index in [1.165, 1.54) is 6.08 Å². The summed E-state index contributed by atoms with van der Waals surface area (Å²) in [6, 6.07) is 9.46. The molecule has 32 heavy (non-hydrogen) atoms. The maximum atomic E-state index is 11.0. The van der Waals surface area contributed by atoms with E-state index in [2.05, 4.69) is 60.6 Å². The molecule has 0 aromatic heterocycles. The van der Waals surface area contributed by atoms with Crippen LogP contribution in [0.4, 0.5) is 0 Å². The normalized spacial score (nSPS) is 12.3. The number of rotatable bonds is 8. The molecule has 174 valence electrons. The van der Waals surface area contributed by atoms with E-state index in [4.69, 9.17) is 9.84 Å². The highest BCUT2D eigenvalue weighted by Gasteiger charge is 2.27. The van der Waals surface area contributed by atoms with Crippen molar-refractivity contribution in [2.45, 2.75) is 78.6 Å². The average molecular weight is 439 g/mol. The van der Waals surface area contributed by atoms with E-state index in [0.29, 0.717) is 17.7 Å². The highest BCUT2D eigenvalue weighted by Crippen LogP contribution is 2.45. The van der Waals surface area contributed by atoms with E-state index in [9.17, 15) is 9.90 Å². The zero-order chi connectivity index (χ0) is 24.1. The van der Waals surface area contributed by atoms with E-state index in [0.717, 1.165) is 47.8 Å². The van der Waals surface area contributed by atoms with Gasteiger partial charge in [-0.15, -0.1) is 0 Å². The van der Waals surface area contributed by atoms with Crippen LogP contribution in [0, 0.1) is 0 Å². The van der Waals surface area contributed by atoms with Gasteiger partial charge < -0.3 is 14.9 Å². The fourth-order valence-electron chi connectivity index (χ4n) is 3.54. The second kappa shape index (κ2) is 10.2. The summed E-state index contributed by atoms with van der Waals surface area (Å²) in [7, 11) is 0. The Balaban J connectivity index is 2.78. The molecule has 0 atom stereocenters. The van der Waals surface area contributed by atoms with Crippen molar-refractivity contribution >= 4 is 12.0 Å². The van der Waals surface area contributed by atoms with Gasteiger partial charge in [-0.05, 0) is 52.7 Å². The molecule has 0 unspecified atom stereocenters. The van der Waals surface area contributed by atoms with Crippen LogP contribution in [-0.2, 0) is 15.6 Å². The number of carboxylic acid groups (broad SMARTS) is 1. The lowest BCUT2D eigenvalue weighted by atomic mass is 9.78. The summed E-state index contributed by atoms with van der Waals surface area (Å²) >= 11 is 0. The minimum absolute atomic E-state index is 0.0913. The summed E-state index contributed by atoms with van der Waals surface area (Å²) in [5.41, 5.74) is 4.18. The van der Waals surface area contributed by atoms with Gasteiger partial charge in [0.1, 0.15) is 11.5 Å². The minimum atomic E-state index is -1.01. The lowest BCUT2D eigenvalue weighted by Gasteiger charge is -2.30. The first-order valence-corrected chi connectivity index (χ1v) is 11.4. The molecule has 2 aromatic rings. The number of phenols is 1. The van der Waals surface area contributed by atoms with Crippen molar-refractivity contribution < 1.29 is 19.7 Å². The second-order valence-electron chi connectivity index (χ2n) is 10.4. The number of carbonyl (C=O) groups is 1. The molecule has 0 amide bonds. The number of carboxylic acids is 1. The van der Waals surface area contributed by atoms with Crippen molar-refractivity contribution in [1.29, 1.82) is 0 Å². The molecule has 0 bridgehead atoms. The molecule has 0 fully saturated rings. The summed E-state index contributed by atoms with van der Waals surface area (Å²) in [5.74, 6) is -0.0811. The third kappa shape index (κ3) is 6.62. The topological polar surface area (TPSA) is 66.8 Å². The van der Waals surface area contributed by atoms with Crippen molar-refractivity contribution in [3.05, 3.63) is 53.1 Å². The van der Waals surface area contributed by atoms with Crippen LogP contribution in [-0.4, -0.2) is 22.8 Å². The Morgan fingerprint density at radius 3 is 2.22 bits per heavy atom. The van der Waals surface area contributed by atoms with E-state index in [1.807, 2.05) is 6.07 Å². The Morgan fingerprint density at radius 2 is 1.66 bits per heavy atom. The van der Waals surface area contributed by atoms with Crippen molar-refractivity contribution in [2.24, 2.45) is 0 Å². The molecule has 0 spiro atoms. The monoisotopic (exact) mass is 438 g/mol. The Morgan fingerprint density at radius 1 is 0.969 bits per heavy atom. The molecule has 2 aromatic carbocycles. The Kier molecular flexibility index (Phi) is 8.17. The van der Waals surface area contributed by atoms with Gasteiger partial charge in [0.2, 0.25) is 0 Å². The third-order valence-electron chi connectivity index (χ3n) is 5.49. The Hall–Kier alpha value is -2.75. The van der Waals surface area contributed by atoms with Crippen LogP contribution in [0.5, 0.6) is 11.5 Å². The van der Waals surface area contributed by atoms with Gasteiger partial charge in [0.05, 0.1) is 6.61 Å². The van der Waals surface area contributed by atoms with Crippen LogP contribution in [0.25, 0.3) is 17.2 Å². The summed E-state index contributed by atoms with van der Waals surface area (Å²) < 4.78 is 6.39. The van der Waals surface area contributed by atoms with E-state index < -0.39 is 5.97 Å². The number of aliphatic carboxylic acids is 1. The Labute approximate surface area is 193 Å². The predicted octanol–water partition coefficient (Wildman–Crippen LogP) is 7.32. The number of ether oxygens (including phenoxy) is 1. The zero-order valence-corrected chi connectivity index (χ0v) is 20.6. The van der Waals surface area contributed by atoms with Crippen molar-refractivity contribution in [2.75, 3.05) is 6.61 Å². The minimum Gasteiger partial charge on any atom is -0.507 e. The fraction of sp³-hybridized carbons (Fsp3) is 0.464. The Bertz CT molecular complexity index is 972. The van der Waals surface area contributed by atoms with Gasteiger partial charge >= 0.3 is 5.97 Å². The standard InChI is InChI=1S/C28H38O4/c1-8-9-10-15-32-26-22(17-20(27(2,3)4)18-23(26)28(5,6)7)21-16-19(11-13-24(21)29)12-14-25(30)31/h11-14,16-18,29H,8-10,15H2,1-7H3,(H,30,31)/b14-12+. The molecule has 0 aliphatic rings. The van der Waals surface area contributed by atoms with E-state index in [1.54, 1.807) is 12.1 Å². The molecule has 4 nitrogen and oxygen atoms in total. The number of phenolic OH excluding ortho intramolecular Hbond substituents is 1. The average Bonchev–Trinajstić information content (AvgIpc) is 2.68. The first-order chi connectivity index (χ1) is 14.8. The maximum absolute atomic E-state index is 11.0. The smallest absolute Gasteiger partial charge is 0.328 e. The summed E-state index contributed by atoms with van der Waals surface area (Å²) in [6.07, 6.45) is 5.81. The SMILES string of the molecule is CCCCCOc1c(-c2cc(/C=C/C(=O)O)ccc2O)cc(C(C)(C)C)cc1C(C)(C)C. The second-order valence-corrected chi connectivity index (χ2v) is 10.4. The van der Waals surface area contributed by atoms with Crippen molar-refractivity contribution in [1.82, 2.24) is 0 Å². The number of hydrogen-bond acceptors (Lipinski definition) is 3. The summed E-state index contributed by atoms with van der Waals surface area (Å²) in [6.45, 7) is 15.8. The lowest BCUT2D eigenvalue weighted by Crippen LogP contribution is -2.19. The molecule has 2 rings (SSSR count). The van der Waals surface area contributed by atoms with Gasteiger partial charge in [-0.3, -0.25) is 0 Å². The van der Waals surface area contributed by atoms with Gasteiger partial charge in [0.15, 0.2) is 0 Å². The molecule has 0 saturated carbocycles. The van der Waals surface area contributed by atoms with Crippen molar-refractivity contribution in [3.63, 3.8) is 0 Å². The molecule has 0 saturated heterocycles. The molecule has 0 heterocycles. The summed E-state index contributed by atoms with van der Waals surface area (Å²) in [5, 5.41) is 19.8. The first-order valence-electron chi connectivity index (χ1n) is 11.4. The number of unbranched alkanes of at least 4 members (excludes halogenated alkanes) is 2. The van der Waals surface area contributed by atoms with Crippen LogP contribution < -0.4 is 4.74 Å². The maximum Gasteiger partial charge on any atom is 0.328 e. The summed E-state index contributed by atoms with van der Waals surface area (Å²) in [4.78, 5) is 11.0. The van der Waals surface area contributed by atoms with Gasteiger partial charge in [0, 0.05) is 22.8 Å². The van der Waals surface area contributed by atoms with Gasteiger partial charge in [-0.2, -0.15) is 0 Å². The molecular weight excluding hydrogens is 400 g/mol. The number of hydrogen-bond donors (Lipinski definition) is 2. The number of benzene rings is 2. The molecule has 2 N–H and O–H groups in total. The van der Waals surface area contributed by atoms with Crippen LogP contribution in [0.15, 0.2) is 36.4 Å². The molecule has 0 aliphatic heterocycles. The highest BCUT2D eigenvalue weighted by atomic mass is 16.5. The highest BCUT2D eigenvalue weighted by molar-refractivity contribution is 5.86. The largest absolute Gasteiger partial charge is 0.507 e. The number of aromatic hydroxyl groups is 1. The van der Waals surface area contributed by atoms with E-state index >= 15 is 0 Å². The third-order valence-corrected chi connectivity index (χ3v) is 5.49. The quantitative estimate of drug-likeness (QED) is 0.335. The molecule has 0 aliphatic carbocycles. The van der Waals surface area contributed by atoms with Crippen LogP contribution in [0.2, 0.25) is 0 Å². The van der Waals surface area contributed by atoms with Gasteiger partial charge in [0.25, 0.3) is 0 Å². The fourth-order valence-corrected chi connectivity index (χ4v) is 3.54. The van der Waals surface area contributed by atoms with Crippen molar-refractivity contribution in [3.8, 4) is 22.6 Å². The zero-order valence-electron chi connectivity index (χ0n) is 20.6. The van der Waals surface area contributed by atoms with Gasteiger partial charge in [-0.25, -0.2) is 4.79 Å². The molecule has 4 heteroatoms. The lowest BCUT2D eigenvalue weighted by molar-refractivity contribution is -0.131. The van der Waals surface area contributed by atoms with E-state index in [-0.39, 0.29) is 16.6 Å².